The van der Waals surface area contributed by atoms with Crippen LogP contribution in [0.4, 0.5) is 4.79 Å². The minimum Gasteiger partial charge on any atom is -0.479 e. The van der Waals surface area contributed by atoms with Gasteiger partial charge in [-0.15, -0.1) is 0 Å². The van der Waals surface area contributed by atoms with Crippen molar-refractivity contribution in [1.82, 2.24) is 5.32 Å². The molecule has 0 aromatic heterocycles. The molecule has 1 aromatic carbocycles. The zero-order chi connectivity index (χ0) is 15.9. The summed E-state index contributed by atoms with van der Waals surface area (Å²) in [5.41, 5.74) is 0.525. The van der Waals surface area contributed by atoms with E-state index in [2.05, 4.69) is 5.32 Å². The molecule has 0 radical (unpaired) electrons. The molecule has 0 spiro atoms. The largest absolute Gasteiger partial charge is 0.479 e. The third-order valence-electron chi connectivity index (χ3n) is 4.25. The Kier molecular flexibility index (Phi) is 5.81. The van der Waals surface area contributed by atoms with Crippen LogP contribution in [-0.2, 0) is 9.53 Å². The summed E-state index contributed by atoms with van der Waals surface area (Å²) in [5, 5.41) is 11.7. The Hall–Kier alpha value is -2.04. The lowest BCUT2D eigenvalue weighted by molar-refractivity contribution is -0.139. The molecule has 2 N–H and O–H groups in total. The van der Waals surface area contributed by atoms with Crippen molar-refractivity contribution in [3.63, 3.8) is 0 Å². The fourth-order valence-electron chi connectivity index (χ4n) is 2.95. The first kappa shape index (κ1) is 16.3. The van der Waals surface area contributed by atoms with Gasteiger partial charge >= 0.3 is 12.1 Å². The number of carboxylic acids is 1. The number of benzene rings is 1. The number of alkyl carbamates (subject to hydrolysis) is 1. The number of carboxylic acid groups (broad SMARTS) is 1. The lowest BCUT2D eigenvalue weighted by Gasteiger charge is -2.27. The average Bonchev–Trinajstić information content (AvgIpc) is 2.54. The zero-order valence-electron chi connectivity index (χ0n) is 12.8. The molecule has 1 fully saturated rings. The molecule has 1 aliphatic rings. The first-order valence-corrected chi connectivity index (χ1v) is 7.83. The Morgan fingerprint density at radius 2 is 1.82 bits per heavy atom. The van der Waals surface area contributed by atoms with Crippen LogP contribution >= 0.6 is 0 Å². The maximum Gasteiger partial charge on any atom is 0.408 e. The van der Waals surface area contributed by atoms with Crippen LogP contribution in [0.15, 0.2) is 30.3 Å². The van der Waals surface area contributed by atoms with E-state index in [-0.39, 0.29) is 6.10 Å². The zero-order valence-corrected chi connectivity index (χ0v) is 12.8. The number of nitrogens with one attached hydrogen (secondary N) is 1. The van der Waals surface area contributed by atoms with E-state index in [1.807, 2.05) is 6.92 Å². The molecule has 5 heteroatoms. The summed E-state index contributed by atoms with van der Waals surface area (Å²) < 4.78 is 5.38. The van der Waals surface area contributed by atoms with Crippen LogP contribution in [0.25, 0.3) is 0 Å². The van der Waals surface area contributed by atoms with Gasteiger partial charge in [0, 0.05) is 0 Å². The van der Waals surface area contributed by atoms with Crippen LogP contribution < -0.4 is 5.32 Å². The molecule has 0 bridgehead atoms. The van der Waals surface area contributed by atoms with Gasteiger partial charge in [0.15, 0.2) is 6.04 Å². The number of carbonyl (C=O) groups excluding carboxylic acids is 1. The van der Waals surface area contributed by atoms with Crippen LogP contribution in [-0.4, -0.2) is 23.3 Å². The highest BCUT2D eigenvalue weighted by Crippen LogP contribution is 2.28. The summed E-state index contributed by atoms with van der Waals surface area (Å²) in [6.07, 6.45) is 4.85. The smallest absolute Gasteiger partial charge is 0.408 e. The summed E-state index contributed by atoms with van der Waals surface area (Å²) >= 11 is 0. The highest BCUT2D eigenvalue weighted by Gasteiger charge is 2.26. The van der Waals surface area contributed by atoms with E-state index in [1.165, 1.54) is 19.3 Å². The summed E-state index contributed by atoms with van der Waals surface area (Å²) in [5.74, 6) is -0.729. The molecule has 0 aliphatic heterocycles. The van der Waals surface area contributed by atoms with Crippen LogP contribution in [0.1, 0.15) is 50.6 Å². The molecule has 0 heterocycles. The predicted octanol–water partition coefficient (Wildman–Crippen LogP) is 3.51. The van der Waals surface area contributed by atoms with Crippen molar-refractivity contribution in [2.75, 3.05) is 0 Å². The van der Waals surface area contributed by atoms with Crippen molar-refractivity contribution in [2.24, 2.45) is 5.92 Å². The molecule has 1 amide bonds. The van der Waals surface area contributed by atoms with Gasteiger partial charge in [-0.05, 0) is 31.2 Å². The average molecular weight is 305 g/mol. The Labute approximate surface area is 130 Å². The molecular formula is C17H23NO4. The number of hydrogen-bond acceptors (Lipinski definition) is 3. The van der Waals surface area contributed by atoms with E-state index in [9.17, 15) is 14.7 Å². The highest BCUT2D eigenvalue weighted by atomic mass is 16.6. The number of aliphatic carboxylic acids is 1. The third kappa shape index (κ3) is 4.48. The van der Waals surface area contributed by atoms with Gasteiger partial charge in [0.05, 0.1) is 0 Å². The molecule has 120 valence electrons. The molecule has 1 aromatic rings. The van der Waals surface area contributed by atoms with Crippen molar-refractivity contribution in [3.05, 3.63) is 35.9 Å². The van der Waals surface area contributed by atoms with Gasteiger partial charge in [-0.2, -0.15) is 0 Å². The fourth-order valence-corrected chi connectivity index (χ4v) is 2.95. The Morgan fingerprint density at radius 3 is 2.41 bits per heavy atom. The third-order valence-corrected chi connectivity index (χ3v) is 4.25. The lowest BCUT2D eigenvalue weighted by atomic mass is 9.86. The van der Waals surface area contributed by atoms with Crippen LogP contribution in [0.2, 0.25) is 0 Å². The topological polar surface area (TPSA) is 75.6 Å². The number of hydrogen-bond donors (Lipinski definition) is 2. The molecular weight excluding hydrogens is 282 g/mol. The normalized spacial score (nSPS) is 18.2. The lowest BCUT2D eigenvalue weighted by Crippen LogP contribution is -2.37. The van der Waals surface area contributed by atoms with Gasteiger partial charge in [-0.25, -0.2) is 9.59 Å². The molecule has 22 heavy (non-hydrogen) atoms. The standard InChI is InChI=1S/C17H23NO4/c1-12(13-8-4-2-5-9-13)22-17(21)18-15(16(19)20)14-10-6-3-7-11-14/h3,6-7,10-13,15H,2,4-5,8-9H2,1H3,(H,18,21)(H,19,20). The highest BCUT2D eigenvalue weighted by molar-refractivity contribution is 5.81. The molecule has 0 saturated heterocycles. The molecule has 2 atom stereocenters. The number of rotatable bonds is 5. The Bertz CT molecular complexity index is 497. The maximum atomic E-state index is 12.0. The quantitative estimate of drug-likeness (QED) is 0.873. The van der Waals surface area contributed by atoms with E-state index in [0.717, 1.165) is 12.8 Å². The van der Waals surface area contributed by atoms with Gasteiger partial charge in [-0.1, -0.05) is 49.6 Å². The van der Waals surface area contributed by atoms with Crippen molar-refractivity contribution < 1.29 is 19.4 Å². The summed E-state index contributed by atoms with van der Waals surface area (Å²) in [7, 11) is 0. The molecule has 2 unspecified atom stereocenters. The van der Waals surface area contributed by atoms with E-state index in [0.29, 0.717) is 11.5 Å². The second kappa shape index (κ2) is 7.82. The molecule has 1 aliphatic carbocycles. The van der Waals surface area contributed by atoms with Gasteiger partial charge in [0.25, 0.3) is 0 Å². The van der Waals surface area contributed by atoms with E-state index in [1.54, 1.807) is 30.3 Å². The monoisotopic (exact) mass is 305 g/mol. The molecule has 2 rings (SSSR count). The predicted molar refractivity (Wildman–Crippen MR) is 82.5 cm³/mol. The van der Waals surface area contributed by atoms with E-state index in [4.69, 9.17) is 4.74 Å². The van der Waals surface area contributed by atoms with Crippen molar-refractivity contribution in [2.45, 2.75) is 51.2 Å². The SMILES string of the molecule is CC(OC(=O)NC(C(=O)O)c1ccccc1)C1CCCCC1. The van der Waals surface area contributed by atoms with Gasteiger partial charge in [0.1, 0.15) is 6.10 Å². The minimum absolute atomic E-state index is 0.189. The number of ether oxygens (including phenoxy) is 1. The summed E-state index contributed by atoms with van der Waals surface area (Å²) in [6, 6.07) is 7.53. The Morgan fingerprint density at radius 1 is 1.18 bits per heavy atom. The van der Waals surface area contributed by atoms with Crippen molar-refractivity contribution in [3.8, 4) is 0 Å². The van der Waals surface area contributed by atoms with Gasteiger partial charge < -0.3 is 15.2 Å². The van der Waals surface area contributed by atoms with E-state index >= 15 is 0 Å². The molecule has 5 nitrogen and oxygen atoms in total. The van der Waals surface area contributed by atoms with Crippen molar-refractivity contribution in [1.29, 1.82) is 0 Å². The van der Waals surface area contributed by atoms with Crippen LogP contribution in [0, 0.1) is 5.92 Å². The van der Waals surface area contributed by atoms with Crippen LogP contribution in [0.3, 0.4) is 0 Å². The second-order valence-corrected chi connectivity index (χ2v) is 5.83. The Balaban J connectivity index is 1.92. The number of amides is 1. The first-order valence-electron chi connectivity index (χ1n) is 7.83. The van der Waals surface area contributed by atoms with Crippen LogP contribution in [0.5, 0.6) is 0 Å². The van der Waals surface area contributed by atoms with Gasteiger partial charge in [0.2, 0.25) is 0 Å². The maximum absolute atomic E-state index is 12.0. The number of carbonyl (C=O) groups is 2. The minimum atomic E-state index is -1.10. The molecule has 1 saturated carbocycles. The second-order valence-electron chi connectivity index (χ2n) is 5.83. The van der Waals surface area contributed by atoms with E-state index < -0.39 is 18.1 Å². The van der Waals surface area contributed by atoms with Gasteiger partial charge in [-0.3, -0.25) is 0 Å². The summed E-state index contributed by atoms with van der Waals surface area (Å²) in [4.78, 5) is 23.3. The summed E-state index contributed by atoms with van der Waals surface area (Å²) in [6.45, 7) is 1.88. The van der Waals surface area contributed by atoms with Crippen molar-refractivity contribution >= 4 is 12.1 Å². The first-order chi connectivity index (χ1) is 10.6. The fraction of sp³-hybridized carbons (Fsp3) is 0.529.